The standard InChI is InChI=1S/C22H18N6O2/c1-15-5-2-3-8-18(15)27-22-19-12-24-14-28(19)21(13-25-22)30-17-7-4-6-16(11-17)26-20(29)9-10-23/h2-8,11-14H,9H2,1H3,(H,25,27)(H,26,29). The molecule has 2 N–H and O–H groups in total. The number of nitrogens with one attached hydrogen (secondary N) is 2. The van der Waals surface area contributed by atoms with Crippen molar-refractivity contribution in [2.24, 2.45) is 0 Å². The monoisotopic (exact) mass is 398 g/mol. The van der Waals surface area contributed by atoms with Crippen LogP contribution >= 0.6 is 0 Å². The van der Waals surface area contributed by atoms with Crippen molar-refractivity contribution < 1.29 is 9.53 Å². The second-order valence-corrected chi connectivity index (χ2v) is 6.55. The summed E-state index contributed by atoms with van der Waals surface area (Å²) in [5, 5.41) is 14.6. The van der Waals surface area contributed by atoms with Gasteiger partial charge in [0.1, 0.15) is 24.0 Å². The first-order valence-electron chi connectivity index (χ1n) is 9.22. The van der Waals surface area contributed by atoms with E-state index < -0.39 is 0 Å². The third-order valence-corrected chi connectivity index (χ3v) is 4.40. The van der Waals surface area contributed by atoms with Gasteiger partial charge in [0.25, 0.3) is 0 Å². The van der Waals surface area contributed by atoms with Gasteiger partial charge in [0.05, 0.1) is 18.5 Å². The van der Waals surface area contributed by atoms with Gasteiger partial charge in [-0.05, 0) is 30.7 Å². The fraction of sp³-hybridized carbons (Fsp3) is 0.0909. The predicted molar refractivity (Wildman–Crippen MR) is 113 cm³/mol. The molecule has 8 heteroatoms. The summed E-state index contributed by atoms with van der Waals surface area (Å²) in [6.45, 7) is 2.02. The molecule has 0 unspecified atom stereocenters. The number of benzene rings is 2. The minimum Gasteiger partial charge on any atom is -0.439 e. The molecule has 0 spiro atoms. The number of anilines is 3. The third-order valence-electron chi connectivity index (χ3n) is 4.40. The lowest BCUT2D eigenvalue weighted by Gasteiger charge is -2.13. The molecular formula is C22H18N6O2. The molecule has 0 aliphatic carbocycles. The van der Waals surface area contributed by atoms with E-state index in [0.717, 1.165) is 16.8 Å². The van der Waals surface area contributed by atoms with Gasteiger partial charge in [-0.2, -0.15) is 5.26 Å². The van der Waals surface area contributed by atoms with Gasteiger partial charge in [-0.3, -0.25) is 9.20 Å². The Hall–Kier alpha value is -4.38. The van der Waals surface area contributed by atoms with Gasteiger partial charge < -0.3 is 15.4 Å². The number of carbonyl (C=O) groups excluding carboxylic acids is 1. The third kappa shape index (κ3) is 4.05. The molecule has 4 rings (SSSR count). The number of hydrogen-bond acceptors (Lipinski definition) is 6. The van der Waals surface area contributed by atoms with E-state index in [2.05, 4.69) is 20.6 Å². The van der Waals surface area contributed by atoms with Crippen LogP contribution in [0.2, 0.25) is 0 Å². The molecule has 2 aromatic carbocycles. The Morgan fingerprint density at radius 2 is 2.07 bits per heavy atom. The van der Waals surface area contributed by atoms with Crippen LogP contribution in [0.3, 0.4) is 0 Å². The van der Waals surface area contributed by atoms with Gasteiger partial charge in [-0.25, -0.2) is 9.97 Å². The highest BCUT2D eigenvalue weighted by Crippen LogP contribution is 2.28. The molecule has 0 saturated carbocycles. The van der Waals surface area contributed by atoms with Crippen LogP contribution in [0.1, 0.15) is 12.0 Å². The Balaban J connectivity index is 1.59. The van der Waals surface area contributed by atoms with Crippen molar-refractivity contribution in [1.82, 2.24) is 14.4 Å². The number of fused-ring (bicyclic) bond motifs is 1. The first kappa shape index (κ1) is 19.0. The van der Waals surface area contributed by atoms with E-state index >= 15 is 0 Å². The summed E-state index contributed by atoms with van der Waals surface area (Å²) in [5.41, 5.74) is 3.37. The maximum atomic E-state index is 11.6. The maximum Gasteiger partial charge on any atom is 0.238 e. The molecule has 0 fully saturated rings. The van der Waals surface area contributed by atoms with Crippen LogP contribution in [0.15, 0.2) is 67.3 Å². The number of aryl methyl sites for hydroxylation is 1. The Morgan fingerprint density at radius 3 is 2.90 bits per heavy atom. The molecule has 0 aliphatic rings. The summed E-state index contributed by atoms with van der Waals surface area (Å²) in [4.78, 5) is 20.4. The lowest BCUT2D eigenvalue weighted by molar-refractivity contribution is -0.115. The molecule has 2 heterocycles. The number of para-hydroxylation sites is 1. The Bertz CT molecular complexity index is 1260. The van der Waals surface area contributed by atoms with E-state index in [4.69, 9.17) is 10.00 Å². The zero-order valence-electron chi connectivity index (χ0n) is 16.2. The SMILES string of the molecule is Cc1ccccc1Nc1ncc(Oc2cccc(NC(=O)CC#N)c2)n2cncc12. The zero-order chi connectivity index (χ0) is 20.9. The molecule has 0 saturated heterocycles. The fourth-order valence-electron chi connectivity index (χ4n) is 2.94. The molecule has 0 bridgehead atoms. The van der Waals surface area contributed by atoms with Crippen molar-refractivity contribution in [2.45, 2.75) is 13.3 Å². The highest BCUT2D eigenvalue weighted by atomic mass is 16.5. The molecule has 0 atom stereocenters. The second kappa shape index (κ2) is 8.32. The van der Waals surface area contributed by atoms with E-state index in [1.165, 1.54) is 0 Å². The summed E-state index contributed by atoms with van der Waals surface area (Å²) in [6, 6.07) is 16.7. The molecule has 0 aliphatic heterocycles. The van der Waals surface area contributed by atoms with Crippen molar-refractivity contribution in [2.75, 3.05) is 10.6 Å². The lowest BCUT2D eigenvalue weighted by Crippen LogP contribution is -2.10. The molecular weight excluding hydrogens is 380 g/mol. The van der Waals surface area contributed by atoms with Crippen LogP contribution in [-0.2, 0) is 4.79 Å². The number of carbonyl (C=O) groups is 1. The van der Waals surface area contributed by atoms with Crippen LogP contribution in [0, 0.1) is 18.3 Å². The van der Waals surface area contributed by atoms with Crippen LogP contribution < -0.4 is 15.4 Å². The molecule has 8 nitrogen and oxygen atoms in total. The summed E-state index contributed by atoms with van der Waals surface area (Å²) in [6.07, 6.45) is 4.75. The second-order valence-electron chi connectivity index (χ2n) is 6.55. The van der Waals surface area contributed by atoms with Crippen molar-refractivity contribution in [3.05, 3.63) is 72.8 Å². The van der Waals surface area contributed by atoms with E-state index in [1.54, 1.807) is 47.4 Å². The van der Waals surface area contributed by atoms with Gasteiger partial charge in [0.2, 0.25) is 11.8 Å². The van der Waals surface area contributed by atoms with E-state index in [-0.39, 0.29) is 12.3 Å². The largest absolute Gasteiger partial charge is 0.439 e. The van der Waals surface area contributed by atoms with Crippen molar-refractivity contribution in [1.29, 1.82) is 5.26 Å². The summed E-state index contributed by atoms with van der Waals surface area (Å²) in [5.74, 6) is 1.27. The minimum absolute atomic E-state index is 0.208. The average Bonchev–Trinajstić information content (AvgIpc) is 3.22. The quantitative estimate of drug-likeness (QED) is 0.498. The number of imidazole rings is 1. The molecule has 2 aromatic heterocycles. The Morgan fingerprint density at radius 1 is 1.20 bits per heavy atom. The Labute approximate surface area is 172 Å². The summed E-state index contributed by atoms with van der Waals surface area (Å²) >= 11 is 0. The number of nitriles is 1. The molecule has 1 amide bonds. The van der Waals surface area contributed by atoms with Crippen LogP contribution in [-0.4, -0.2) is 20.3 Å². The number of rotatable bonds is 6. The lowest BCUT2D eigenvalue weighted by atomic mass is 10.2. The van der Waals surface area contributed by atoms with Crippen molar-refractivity contribution >= 4 is 28.6 Å². The van der Waals surface area contributed by atoms with Gasteiger partial charge in [-0.1, -0.05) is 24.3 Å². The number of amides is 1. The first-order chi connectivity index (χ1) is 14.6. The molecule has 30 heavy (non-hydrogen) atoms. The normalized spacial score (nSPS) is 10.4. The first-order valence-corrected chi connectivity index (χ1v) is 9.22. The maximum absolute atomic E-state index is 11.6. The van der Waals surface area contributed by atoms with Gasteiger partial charge in [-0.15, -0.1) is 0 Å². The summed E-state index contributed by atoms with van der Waals surface area (Å²) in [7, 11) is 0. The van der Waals surface area contributed by atoms with E-state index in [9.17, 15) is 4.79 Å². The molecule has 0 radical (unpaired) electrons. The molecule has 148 valence electrons. The number of nitrogens with zero attached hydrogens (tertiary/aromatic N) is 4. The predicted octanol–water partition coefficient (Wildman–Crippen LogP) is 4.43. The number of aromatic nitrogens is 3. The summed E-state index contributed by atoms with van der Waals surface area (Å²) < 4.78 is 7.76. The highest BCUT2D eigenvalue weighted by molar-refractivity contribution is 5.92. The van der Waals surface area contributed by atoms with Gasteiger partial charge >= 0.3 is 0 Å². The Kier molecular flexibility index (Phi) is 5.26. The zero-order valence-corrected chi connectivity index (χ0v) is 16.2. The van der Waals surface area contributed by atoms with Gasteiger partial charge in [0.15, 0.2) is 5.82 Å². The van der Waals surface area contributed by atoms with Crippen LogP contribution in [0.5, 0.6) is 11.6 Å². The minimum atomic E-state index is -0.375. The highest BCUT2D eigenvalue weighted by Gasteiger charge is 2.11. The van der Waals surface area contributed by atoms with Gasteiger partial charge in [0, 0.05) is 17.4 Å². The van der Waals surface area contributed by atoms with Crippen LogP contribution in [0.25, 0.3) is 5.52 Å². The topological polar surface area (TPSA) is 104 Å². The number of hydrogen-bond donors (Lipinski definition) is 2. The number of ether oxygens (including phenoxy) is 1. The van der Waals surface area contributed by atoms with Crippen molar-refractivity contribution in [3.63, 3.8) is 0 Å². The molecule has 4 aromatic rings. The smallest absolute Gasteiger partial charge is 0.238 e. The average molecular weight is 398 g/mol. The van der Waals surface area contributed by atoms with E-state index in [1.807, 2.05) is 37.3 Å². The van der Waals surface area contributed by atoms with Crippen molar-refractivity contribution in [3.8, 4) is 17.7 Å². The van der Waals surface area contributed by atoms with Crippen LogP contribution in [0.4, 0.5) is 17.2 Å². The van der Waals surface area contributed by atoms with E-state index in [0.29, 0.717) is 23.1 Å². The fourth-order valence-corrected chi connectivity index (χ4v) is 2.94.